The third-order valence-electron chi connectivity index (χ3n) is 4.34. The van der Waals surface area contributed by atoms with Gasteiger partial charge < -0.3 is 10.4 Å². The standard InChI is InChI=1S/C14H24N4O3/c1-3-8-17-13(12(18(20)21)11(2)16-17)15-9-14(10-19)6-4-5-7-14/h15,19H,3-10H2,1-2H3. The van der Waals surface area contributed by atoms with Crippen LogP contribution in [0.15, 0.2) is 0 Å². The molecule has 0 atom stereocenters. The highest BCUT2D eigenvalue weighted by Gasteiger charge is 2.34. The molecule has 0 radical (unpaired) electrons. The van der Waals surface area contributed by atoms with Crippen molar-refractivity contribution in [3.05, 3.63) is 15.8 Å². The highest BCUT2D eigenvalue weighted by Crippen LogP contribution is 2.38. The number of nitrogens with zero attached hydrogens (tertiary/aromatic N) is 3. The molecule has 7 heteroatoms. The summed E-state index contributed by atoms with van der Waals surface area (Å²) < 4.78 is 1.67. The van der Waals surface area contributed by atoms with E-state index in [1.54, 1.807) is 11.6 Å². The van der Waals surface area contributed by atoms with Crippen molar-refractivity contribution in [2.45, 2.75) is 52.5 Å². The first-order valence-corrected chi connectivity index (χ1v) is 7.59. The van der Waals surface area contributed by atoms with E-state index in [1.165, 1.54) is 0 Å². The highest BCUT2D eigenvalue weighted by atomic mass is 16.6. The maximum atomic E-state index is 11.3. The SMILES string of the molecule is CCCn1nc(C)c([N+](=O)[O-])c1NCC1(CO)CCCC1. The average Bonchev–Trinajstić information content (AvgIpc) is 3.02. The summed E-state index contributed by atoms with van der Waals surface area (Å²) in [6.45, 7) is 4.99. The van der Waals surface area contributed by atoms with Gasteiger partial charge in [0.05, 0.1) is 11.5 Å². The minimum absolute atomic E-state index is 0.0505. The molecular weight excluding hydrogens is 272 g/mol. The summed E-state index contributed by atoms with van der Waals surface area (Å²) in [4.78, 5) is 10.9. The van der Waals surface area contributed by atoms with Crippen LogP contribution in [0.3, 0.4) is 0 Å². The van der Waals surface area contributed by atoms with Gasteiger partial charge in [-0.1, -0.05) is 19.8 Å². The first kappa shape index (κ1) is 15.8. The molecule has 0 aliphatic heterocycles. The molecule has 2 N–H and O–H groups in total. The van der Waals surface area contributed by atoms with E-state index >= 15 is 0 Å². The molecule has 0 saturated heterocycles. The summed E-state index contributed by atoms with van der Waals surface area (Å²) in [5, 5.41) is 28.4. The minimum Gasteiger partial charge on any atom is -0.396 e. The second-order valence-corrected chi connectivity index (χ2v) is 5.98. The molecule has 0 aromatic carbocycles. The number of rotatable bonds is 7. The number of aliphatic hydroxyl groups excluding tert-OH is 1. The van der Waals surface area contributed by atoms with Gasteiger partial charge in [0.1, 0.15) is 5.69 Å². The van der Waals surface area contributed by atoms with Gasteiger partial charge in [0, 0.05) is 18.5 Å². The second-order valence-electron chi connectivity index (χ2n) is 5.98. The van der Waals surface area contributed by atoms with E-state index in [0.717, 1.165) is 32.1 Å². The molecule has 1 aromatic heterocycles. The lowest BCUT2D eigenvalue weighted by molar-refractivity contribution is -0.384. The summed E-state index contributed by atoms with van der Waals surface area (Å²) in [5.41, 5.74) is 0.332. The number of hydrogen-bond acceptors (Lipinski definition) is 5. The normalized spacial score (nSPS) is 17.1. The number of aliphatic hydroxyl groups is 1. The minimum atomic E-state index is -0.378. The van der Waals surface area contributed by atoms with Crippen molar-refractivity contribution in [2.75, 3.05) is 18.5 Å². The number of aromatic nitrogens is 2. The van der Waals surface area contributed by atoms with Gasteiger partial charge in [-0.25, -0.2) is 4.68 Å². The summed E-state index contributed by atoms with van der Waals surface area (Å²) >= 11 is 0. The monoisotopic (exact) mass is 296 g/mol. The Morgan fingerprint density at radius 2 is 2.14 bits per heavy atom. The van der Waals surface area contributed by atoms with Crippen LogP contribution >= 0.6 is 0 Å². The van der Waals surface area contributed by atoms with Crippen LogP contribution in [0.5, 0.6) is 0 Å². The van der Waals surface area contributed by atoms with Crippen molar-refractivity contribution in [3.63, 3.8) is 0 Å². The zero-order valence-corrected chi connectivity index (χ0v) is 12.8. The van der Waals surface area contributed by atoms with Crippen LogP contribution in [0.4, 0.5) is 11.5 Å². The van der Waals surface area contributed by atoms with Gasteiger partial charge in [0.2, 0.25) is 5.82 Å². The quantitative estimate of drug-likeness (QED) is 0.595. The molecule has 1 fully saturated rings. The average molecular weight is 296 g/mol. The van der Waals surface area contributed by atoms with Gasteiger partial charge in [-0.05, 0) is 26.2 Å². The Hall–Kier alpha value is -1.63. The summed E-state index contributed by atoms with van der Waals surface area (Å²) in [6.07, 6.45) is 5.00. The van der Waals surface area contributed by atoms with Crippen LogP contribution in [-0.4, -0.2) is 33.0 Å². The summed E-state index contributed by atoms with van der Waals surface area (Å²) in [6, 6.07) is 0. The van der Waals surface area contributed by atoms with Crippen LogP contribution in [0.1, 0.15) is 44.7 Å². The Morgan fingerprint density at radius 3 is 2.67 bits per heavy atom. The predicted molar refractivity (Wildman–Crippen MR) is 80.4 cm³/mol. The smallest absolute Gasteiger partial charge is 0.333 e. The van der Waals surface area contributed by atoms with Crippen molar-refractivity contribution < 1.29 is 10.0 Å². The molecule has 1 heterocycles. The fourth-order valence-electron chi connectivity index (χ4n) is 3.13. The van der Waals surface area contributed by atoms with E-state index in [0.29, 0.717) is 24.6 Å². The Balaban J connectivity index is 2.23. The lowest BCUT2D eigenvalue weighted by Crippen LogP contribution is -2.31. The van der Waals surface area contributed by atoms with E-state index in [9.17, 15) is 15.2 Å². The number of hydrogen-bond donors (Lipinski definition) is 2. The Bertz CT molecular complexity index is 507. The number of aryl methyl sites for hydroxylation is 2. The molecule has 118 valence electrons. The van der Waals surface area contributed by atoms with E-state index < -0.39 is 0 Å². The van der Waals surface area contributed by atoms with Gasteiger partial charge in [-0.15, -0.1) is 0 Å². The largest absolute Gasteiger partial charge is 0.396 e. The zero-order chi connectivity index (χ0) is 15.5. The molecule has 0 bridgehead atoms. The van der Waals surface area contributed by atoms with E-state index in [4.69, 9.17) is 0 Å². The lowest BCUT2D eigenvalue weighted by atomic mass is 9.87. The van der Waals surface area contributed by atoms with E-state index in [-0.39, 0.29) is 22.6 Å². The molecule has 1 aliphatic rings. The first-order valence-electron chi connectivity index (χ1n) is 7.59. The number of anilines is 1. The van der Waals surface area contributed by atoms with Gasteiger partial charge in [-0.2, -0.15) is 5.10 Å². The van der Waals surface area contributed by atoms with Crippen LogP contribution in [-0.2, 0) is 6.54 Å². The summed E-state index contributed by atoms with van der Waals surface area (Å²) in [7, 11) is 0. The van der Waals surface area contributed by atoms with Crippen LogP contribution in [0.2, 0.25) is 0 Å². The molecule has 7 nitrogen and oxygen atoms in total. The van der Waals surface area contributed by atoms with Crippen LogP contribution < -0.4 is 5.32 Å². The molecule has 1 saturated carbocycles. The molecule has 21 heavy (non-hydrogen) atoms. The molecule has 0 spiro atoms. The van der Waals surface area contributed by atoms with Crippen LogP contribution in [0.25, 0.3) is 0 Å². The molecule has 0 amide bonds. The van der Waals surface area contributed by atoms with Crippen molar-refractivity contribution in [1.29, 1.82) is 0 Å². The van der Waals surface area contributed by atoms with Crippen LogP contribution in [0, 0.1) is 22.5 Å². The molecule has 0 unspecified atom stereocenters. The topological polar surface area (TPSA) is 93.2 Å². The van der Waals surface area contributed by atoms with E-state index in [1.807, 2.05) is 6.92 Å². The maximum Gasteiger partial charge on any atom is 0.333 e. The number of nitro groups is 1. The molecule has 1 aliphatic carbocycles. The fraction of sp³-hybridized carbons (Fsp3) is 0.786. The zero-order valence-electron chi connectivity index (χ0n) is 12.8. The van der Waals surface area contributed by atoms with Gasteiger partial charge in [0.15, 0.2) is 0 Å². The second kappa shape index (κ2) is 6.43. The third kappa shape index (κ3) is 3.18. The Kier molecular flexibility index (Phi) is 4.82. The first-order chi connectivity index (χ1) is 10.0. The maximum absolute atomic E-state index is 11.3. The molecular formula is C14H24N4O3. The fourth-order valence-corrected chi connectivity index (χ4v) is 3.13. The van der Waals surface area contributed by atoms with Crippen molar-refractivity contribution in [3.8, 4) is 0 Å². The molecule has 1 aromatic rings. The summed E-state index contributed by atoms with van der Waals surface area (Å²) in [5.74, 6) is 0.471. The van der Waals surface area contributed by atoms with Gasteiger partial charge in [-0.3, -0.25) is 10.1 Å². The highest BCUT2D eigenvalue weighted by molar-refractivity contribution is 5.59. The van der Waals surface area contributed by atoms with Crippen molar-refractivity contribution >= 4 is 11.5 Å². The number of nitrogens with one attached hydrogen (secondary N) is 1. The Labute approximate surface area is 124 Å². The van der Waals surface area contributed by atoms with Gasteiger partial charge in [0.25, 0.3) is 0 Å². The lowest BCUT2D eigenvalue weighted by Gasteiger charge is -2.27. The molecule has 2 rings (SSSR count). The van der Waals surface area contributed by atoms with Crippen molar-refractivity contribution in [2.24, 2.45) is 5.41 Å². The predicted octanol–water partition coefficient (Wildman–Crippen LogP) is 2.47. The third-order valence-corrected chi connectivity index (χ3v) is 4.34. The Morgan fingerprint density at radius 1 is 1.48 bits per heavy atom. The van der Waals surface area contributed by atoms with E-state index in [2.05, 4.69) is 10.4 Å². The van der Waals surface area contributed by atoms with Gasteiger partial charge >= 0.3 is 5.69 Å². The van der Waals surface area contributed by atoms with Crippen molar-refractivity contribution in [1.82, 2.24) is 9.78 Å².